The van der Waals surface area contributed by atoms with Crippen molar-refractivity contribution in [3.8, 4) is 0 Å². The van der Waals surface area contributed by atoms with E-state index in [9.17, 15) is 0 Å². The highest BCUT2D eigenvalue weighted by atomic mass is 15.2. The summed E-state index contributed by atoms with van der Waals surface area (Å²) in [7, 11) is 0. The van der Waals surface area contributed by atoms with Gasteiger partial charge in [0.25, 0.3) is 0 Å². The van der Waals surface area contributed by atoms with Crippen LogP contribution < -0.4 is 5.73 Å². The van der Waals surface area contributed by atoms with Crippen molar-refractivity contribution in [3.63, 3.8) is 0 Å². The van der Waals surface area contributed by atoms with Gasteiger partial charge in [-0.1, -0.05) is 20.3 Å². The molecule has 0 aromatic carbocycles. The van der Waals surface area contributed by atoms with Gasteiger partial charge >= 0.3 is 0 Å². The van der Waals surface area contributed by atoms with Gasteiger partial charge in [0, 0.05) is 19.6 Å². The molecule has 3 nitrogen and oxygen atoms in total. The smallest absolute Gasteiger partial charge is 0.191 e. The molecule has 78 valence electrons. The van der Waals surface area contributed by atoms with E-state index in [1.165, 1.54) is 12.8 Å². The van der Waals surface area contributed by atoms with E-state index in [2.05, 4.69) is 30.7 Å². The van der Waals surface area contributed by atoms with Gasteiger partial charge in [-0.3, -0.25) is 4.99 Å². The van der Waals surface area contributed by atoms with Crippen LogP contribution in [0.3, 0.4) is 0 Å². The minimum Gasteiger partial charge on any atom is -0.370 e. The third-order valence-corrected chi connectivity index (χ3v) is 1.98. The molecule has 0 rings (SSSR count). The van der Waals surface area contributed by atoms with Gasteiger partial charge in [0.2, 0.25) is 0 Å². The van der Waals surface area contributed by atoms with Crippen LogP contribution in [0.2, 0.25) is 0 Å². The Kier molecular flexibility index (Phi) is 7.45. The molecular formula is C10H23N3. The topological polar surface area (TPSA) is 41.6 Å². The van der Waals surface area contributed by atoms with E-state index in [0.717, 1.165) is 26.1 Å². The van der Waals surface area contributed by atoms with E-state index in [1.807, 2.05) is 0 Å². The second-order valence-corrected chi connectivity index (χ2v) is 3.17. The summed E-state index contributed by atoms with van der Waals surface area (Å²) >= 11 is 0. The molecule has 3 heteroatoms. The lowest BCUT2D eigenvalue weighted by Crippen LogP contribution is -2.38. The van der Waals surface area contributed by atoms with Gasteiger partial charge in [-0.2, -0.15) is 0 Å². The number of unbranched alkanes of at least 4 members (excludes halogenated alkanes) is 1. The van der Waals surface area contributed by atoms with Crippen molar-refractivity contribution < 1.29 is 0 Å². The first-order valence-electron chi connectivity index (χ1n) is 5.31. The second-order valence-electron chi connectivity index (χ2n) is 3.17. The summed E-state index contributed by atoms with van der Waals surface area (Å²) in [6, 6.07) is 0. The SMILES string of the molecule is CCCCN(CC)C(N)=NCCC. The molecule has 0 aliphatic carbocycles. The van der Waals surface area contributed by atoms with Crippen LogP contribution >= 0.6 is 0 Å². The Morgan fingerprint density at radius 3 is 2.38 bits per heavy atom. The zero-order chi connectivity index (χ0) is 10.1. The number of nitrogens with two attached hydrogens (primary N) is 1. The van der Waals surface area contributed by atoms with E-state index in [0.29, 0.717) is 5.96 Å². The summed E-state index contributed by atoms with van der Waals surface area (Å²) in [6.07, 6.45) is 3.46. The largest absolute Gasteiger partial charge is 0.370 e. The highest BCUT2D eigenvalue weighted by Crippen LogP contribution is 1.94. The predicted molar refractivity (Wildman–Crippen MR) is 58.9 cm³/mol. The molecule has 0 spiro atoms. The molecule has 0 atom stereocenters. The Labute approximate surface area is 82.0 Å². The van der Waals surface area contributed by atoms with Gasteiger partial charge in [0.05, 0.1) is 0 Å². The van der Waals surface area contributed by atoms with Gasteiger partial charge in [-0.05, 0) is 19.8 Å². The first kappa shape index (κ1) is 12.3. The monoisotopic (exact) mass is 185 g/mol. The van der Waals surface area contributed by atoms with Crippen molar-refractivity contribution in [2.75, 3.05) is 19.6 Å². The average Bonchev–Trinajstić information content (AvgIpc) is 2.16. The molecule has 0 fully saturated rings. The average molecular weight is 185 g/mol. The van der Waals surface area contributed by atoms with Crippen molar-refractivity contribution in [2.24, 2.45) is 10.7 Å². The van der Waals surface area contributed by atoms with Gasteiger partial charge in [0.1, 0.15) is 0 Å². The minimum absolute atomic E-state index is 0.706. The standard InChI is InChI=1S/C10H23N3/c1-4-7-9-13(6-3)10(11)12-8-5-2/h4-9H2,1-3H3,(H2,11,12). The molecule has 0 heterocycles. The Bertz CT molecular complexity index is 143. The molecule has 0 aromatic rings. The zero-order valence-electron chi connectivity index (χ0n) is 9.21. The molecular weight excluding hydrogens is 162 g/mol. The lowest BCUT2D eigenvalue weighted by molar-refractivity contribution is 0.422. The van der Waals surface area contributed by atoms with E-state index in [1.54, 1.807) is 0 Å². The maximum Gasteiger partial charge on any atom is 0.191 e. The highest BCUT2D eigenvalue weighted by Gasteiger charge is 2.02. The van der Waals surface area contributed by atoms with Gasteiger partial charge in [-0.15, -0.1) is 0 Å². The van der Waals surface area contributed by atoms with Crippen molar-refractivity contribution in [3.05, 3.63) is 0 Å². The van der Waals surface area contributed by atoms with Crippen LogP contribution in [0.15, 0.2) is 4.99 Å². The van der Waals surface area contributed by atoms with Crippen molar-refractivity contribution >= 4 is 5.96 Å². The van der Waals surface area contributed by atoms with Crippen molar-refractivity contribution in [1.29, 1.82) is 0 Å². The van der Waals surface area contributed by atoms with Gasteiger partial charge in [0.15, 0.2) is 5.96 Å². The maximum absolute atomic E-state index is 5.83. The number of hydrogen-bond donors (Lipinski definition) is 1. The molecule has 0 aliphatic heterocycles. The van der Waals surface area contributed by atoms with Crippen LogP contribution in [0, 0.1) is 0 Å². The number of rotatable bonds is 6. The Balaban J connectivity index is 3.90. The number of aliphatic imine (C=N–C) groups is 1. The molecule has 0 aliphatic rings. The van der Waals surface area contributed by atoms with Crippen LogP contribution in [-0.2, 0) is 0 Å². The Morgan fingerprint density at radius 1 is 1.23 bits per heavy atom. The predicted octanol–water partition coefficient (Wildman–Crippen LogP) is 1.83. The summed E-state index contributed by atoms with van der Waals surface area (Å²) < 4.78 is 0. The summed E-state index contributed by atoms with van der Waals surface area (Å²) in [5.74, 6) is 0.706. The number of hydrogen-bond acceptors (Lipinski definition) is 1. The lowest BCUT2D eigenvalue weighted by atomic mass is 10.3. The van der Waals surface area contributed by atoms with E-state index < -0.39 is 0 Å². The fraction of sp³-hybridized carbons (Fsp3) is 0.900. The Morgan fingerprint density at radius 2 is 1.92 bits per heavy atom. The molecule has 13 heavy (non-hydrogen) atoms. The molecule has 2 N–H and O–H groups in total. The quantitative estimate of drug-likeness (QED) is 0.506. The molecule has 0 aromatic heterocycles. The van der Waals surface area contributed by atoms with E-state index in [-0.39, 0.29) is 0 Å². The molecule has 0 unspecified atom stereocenters. The fourth-order valence-corrected chi connectivity index (χ4v) is 1.11. The number of nitrogens with zero attached hydrogens (tertiary/aromatic N) is 2. The summed E-state index contributed by atoms with van der Waals surface area (Å²) in [4.78, 5) is 6.43. The summed E-state index contributed by atoms with van der Waals surface area (Å²) in [5, 5.41) is 0. The fourth-order valence-electron chi connectivity index (χ4n) is 1.11. The summed E-state index contributed by atoms with van der Waals surface area (Å²) in [5.41, 5.74) is 5.83. The second kappa shape index (κ2) is 7.90. The van der Waals surface area contributed by atoms with E-state index >= 15 is 0 Å². The molecule has 0 amide bonds. The third kappa shape index (κ3) is 5.50. The molecule has 0 saturated carbocycles. The Hall–Kier alpha value is -0.730. The molecule has 0 radical (unpaired) electrons. The van der Waals surface area contributed by atoms with Crippen molar-refractivity contribution in [1.82, 2.24) is 4.90 Å². The number of guanidine groups is 1. The van der Waals surface area contributed by atoms with Crippen LogP contribution in [-0.4, -0.2) is 30.5 Å². The van der Waals surface area contributed by atoms with Crippen LogP contribution in [0.25, 0.3) is 0 Å². The first-order chi connectivity index (χ1) is 6.26. The van der Waals surface area contributed by atoms with Crippen LogP contribution in [0.5, 0.6) is 0 Å². The third-order valence-electron chi connectivity index (χ3n) is 1.98. The zero-order valence-corrected chi connectivity index (χ0v) is 9.21. The van der Waals surface area contributed by atoms with Crippen LogP contribution in [0.1, 0.15) is 40.0 Å². The van der Waals surface area contributed by atoms with Crippen LogP contribution in [0.4, 0.5) is 0 Å². The van der Waals surface area contributed by atoms with Gasteiger partial charge in [-0.25, -0.2) is 0 Å². The lowest BCUT2D eigenvalue weighted by Gasteiger charge is -2.21. The highest BCUT2D eigenvalue weighted by molar-refractivity contribution is 5.77. The molecule has 0 saturated heterocycles. The maximum atomic E-state index is 5.83. The minimum atomic E-state index is 0.706. The first-order valence-corrected chi connectivity index (χ1v) is 5.31. The summed E-state index contributed by atoms with van der Waals surface area (Å²) in [6.45, 7) is 9.25. The molecule has 0 bridgehead atoms. The van der Waals surface area contributed by atoms with E-state index in [4.69, 9.17) is 5.73 Å². The normalized spacial score (nSPS) is 11.8. The van der Waals surface area contributed by atoms with Crippen molar-refractivity contribution in [2.45, 2.75) is 40.0 Å². The van der Waals surface area contributed by atoms with Gasteiger partial charge < -0.3 is 10.6 Å².